The van der Waals surface area contributed by atoms with Gasteiger partial charge in [0.15, 0.2) is 24.1 Å². The van der Waals surface area contributed by atoms with E-state index in [4.69, 9.17) is 18.9 Å². The summed E-state index contributed by atoms with van der Waals surface area (Å²) < 4.78 is 21.5. The Kier molecular flexibility index (Phi) is 8.47. The summed E-state index contributed by atoms with van der Waals surface area (Å²) in [6, 6.07) is 3.64. The van der Waals surface area contributed by atoms with Crippen molar-refractivity contribution in [3.8, 4) is 11.5 Å². The fraction of sp³-hybridized carbons (Fsp3) is 0.700. The predicted octanol–water partition coefficient (Wildman–Crippen LogP) is -3.20. The SMILES string of the molecule is CC1OC(OCC2OC(OCC(O)c3ccc(O)c(O)c3)C(O)C(O)C2O)C(O)C(O)C1O. The van der Waals surface area contributed by atoms with Crippen molar-refractivity contribution in [3.05, 3.63) is 23.8 Å². The first-order chi connectivity index (χ1) is 15.5. The number of ether oxygens (including phenoxy) is 4. The molecule has 1 aromatic rings. The number of aliphatic hydroxyl groups excluding tert-OH is 7. The summed E-state index contributed by atoms with van der Waals surface area (Å²) in [7, 11) is 0. The highest BCUT2D eigenvalue weighted by atomic mass is 16.7. The molecule has 11 atom stereocenters. The van der Waals surface area contributed by atoms with E-state index in [0.29, 0.717) is 0 Å². The third kappa shape index (κ3) is 5.72. The Hall–Kier alpha value is -1.62. The van der Waals surface area contributed by atoms with Crippen molar-refractivity contribution in [2.24, 2.45) is 0 Å². The Morgan fingerprint density at radius 3 is 2.03 bits per heavy atom. The molecule has 0 aromatic heterocycles. The molecule has 13 heteroatoms. The molecule has 0 radical (unpaired) electrons. The quantitative estimate of drug-likeness (QED) is 0.177. The van der Waals surface area contributed by atoms with Gasteiger partial charge in [-0.3, -0.25) is 0 Å². The van der Waals surface area contributed by atoms with Crippen molar-refractivity contribution >= 4 is 0 Å². The van der Waals surface area contributed by atoms with Gasteiger partial charge in [-0.25, -0.2) is 0 Å². The van der Waals surface area contributed by atoms with Crippen LogP contribution in [-0.4, -0.2) is 121 Å². The fourth-order valence-electron chi connectivity index (χ4n) is 3.56. The van der Waals surface area contributed by atoms with Gasteiger partial charge in [0.25, 0.3) is 0 Å². The first-order valence-electron chi connectivity index (χ1n) is 10.3. The van der Waals surface area contributed by atoms with E-state index in [-0.39, 0.29) is 11.3 Å². The molecule has 3 rings (SSSR count). The first-order valence-corrected chi connectivity index (χ1v) is 10.3. The van der Waals surface area contributed by atoms with Gasteiger partial charge in [0.2, 0.25) is 0 Å². The van der Waals surface area contributed by atoms with Crippen LogP contribution in [0.3, 0.4) is 0 Å². The topological polar surface area (TPSA) is 219 Å². The van der Waals surface area contributed by atoms with Gasteiger partial charge in [0.1, 0.15) is 48.8 Å². The van der Waals surface area contributed by atoms with Gasteiger partial charge in [-0.2, -0.15) is 0 Å². The molecule has 2 aliphatic rings. The lowest BCUT2D eigenvalue weighted by Gasteiger charge is -2.42. The van der Waals surface area contributed by atoms with E-state index in [1.165, 1.54) is 19.1 Å². The maximum atomic E-state index is 10.2. The molecule has 0 bridgehead atoms. The van der Waals surface area contributed by atoms with Crippen molar-refractivity contribution in [1.82, 2.24) is 0 Å². The van der Waals surface area contributed by atoms with Crippen LogP contribution >= 0.6 is 0 Å². The smallest absolute Gasteiger partial charge is 0.186 e. The zero-order valence-corrected chi connectivity index (χ0v) is 17.7. The van der Waals surface area contributed by atoms with Gasteiger partial charge in [-0.1, -0.05) is 6.07 Å². The molecule has 9 N–H and O–H groups in total. The minimum absolute atomic E-state index is 0.203. The summed E-state index contributed by atoms with van der Waals surface area (Å²) in [4.78, 5) is 0. The van der Waals surface area contributed by atoms with Crippen LogP contribution in [-0.2, 0) is 18.9 Å². The Labute approximate surface area is 188 Å². The Balaban J connectivity index is 1.58. The third-order valence-corrected chi connectivity index (χ3v) is 5.70. The molecule has 0 spiro atoms. The lowest BCUT2D eigenvalue weighted by molar-refractivity contribution is -0.329. The van der Waals surface area contributed by atoms with Gasteiger partial charge in [0.05, 0.1) is 19.3 Å². The van der Waals surface area contributed by atoms with Crippen LogP contribution < -0.4 is 0 Å². The van der Waals surface area contributed by atoms with E-state index in [9.17, 15) is 46.0 Å². The van der Waals surface area contributed by atoms with Crippen molar-refractivity contribution in [2.75, 3.05) is 13.2 Å². The molecular weight excluding hydrogens is 448 g/mol. The number of rotatable bonds is 7. The van der Waals surface area contributed by atoms with E-state index >= 15 is 0 Å². The maximum Gasteiger partial charge on any atom is 0.186 e. The minimum Gasteiger partial charge on any atom is -0.504 e. The van der Waals surface area contributed by atoms with Crippen LogP contribution in [0.2, 0.25) is 0 Å². The number of hydrogen-bond acceptors (Lipinski definition) is 13. The molecule has 0 saturated carbocycles. The van der Waals surface area contributed by atoms with Crippen molar-refractivity contribution < 1.29 is 64.9 Å². The van der Waals surface area contributed by atoms with Crippen molar-refractivity contribution in [3.63, 3.8) is 0 Å². The first kappa shape index (κ1) is 26.0. The fourth-order valence-corrected chi connectivity index (χ4v) is 3.56. The van der Waals surface area contributed by atoms with E-state index in [1.807, 2.05) is 0 Å². The number of phenols is 2. The van der Waals surface area contributed by atoms with Crippen LogP contribution in [0.25, 0.3) is 0 Å². The highest BCUT2D eigenvalue weighted by Gasteiger charge is 2.47. The Bertz CT molecular complexity index is 778. The second kappa shape index (κ2) is 10.8. The molecule has 0 aliphatic carbocycles. The largest absolute Gasteiger partial charge is 0.504 e. The summed E-state index contributed by atoms with van der Waals surface area (Å²) in [5.74, 6) is -0.823. The van der Waals surface area contributed by atoms with Gasteiger partial charge < -0.3 is 64.9 Å². The minimum atomic E-state index is -1.70. The molecule has 11 unspecified atom stereocenters. The zero-order valence-electron chi connectivity index (χ0n) is 17.7. The average molecular weight is 478 g/mol. The number of phenolic OH excluding ortho intramolecular Hbond substituents is 2. The standard InChI is InChI=1S/C20H30O13/c1-7-13(24)15(26)17(28)19(32-7)31-6-12-14(25)16(27)18(29)20(33-12)30-5-11(23)8-2-3-9(21)10(22)4-8/h2-4,7,11-29H,5-6H2,1H3. The number of hydrogen-bond donors (Lipinski definition) is 9. The molecule has 2 heterocycles. The second-order valence-corrected chi connectivity index (χ2v) is 8.13. The van der Waals surface area contributed by atoms with Gasteiger partial charge >= 0.3 is 0 Å². The normalized spacial score (nSPS) is 40.5. The summed E-state index contributed by atoms with van der Waals surface area (Å²) >= 11 is 0. The van der Waals surface area contributed by atoms with Gasteiger partial charge in [-0.05, 0) is 24.6 Å². The highest BCUT2D eigenvalue weighted by Crippen LogP contribution is 2.29. The lowest BCUT2D eigenvalue weighted by atomic mass is 9.98. The monoisotopic (exact) mass is 478 g/mol. The molecular formula is C20H30O13. The van der Waals surface area contributed by atoms with Crippen molar-refractivity contribution in [2.45, 2.75) is 74.4 Å². The van der Waals surface area contributed by atoms with Crippen LogP contribution in [0.5, 0.6) is 11.5 Å². The molecule has 33 heavy (non-hydrogen) atoms. The molecule has 2 fully saturated rings. The summed E-state index contributed by atoms with van der Waals surface area (Å²) in [5.41, 5.74) is 0.203. The van der Waals surface area contributed by atoms with Crippen LogP contribution in [0.1, 0.15) is 18.6 Å². The molecule has 1 aromatic carbocycles. The summed E-state index contributed by atoms with van der Waals surface area (Å²) in [6.07, 6.45) is -15.7. The van der Waals surface area contributed by atoms with Crippen LogP contribution in [0, 0.1) is 0 Å². The molecule has 2 saturated heterocycles. The molecule has 0 amide bonds. The molecule has 2 aliphatic heterocycles. The van der Waals surface area contributed by atoms with Crippen LogP contribution in [0.15, 0.2) is 18.2 Å². The second-order valence-electron chi connectivity index (χ2n) is 8.13. The Morgan fingerprint density at radius 2 is 1.39 bits per heavy atom. The average Bonchev–Trinajstić information content (AvgIpc) is 2.79. The number of aliphatic hydroxyl groups is 7. The van der Waals surface area contributed by atoms with E-state index < -0.39 is 86.5 Å². The predicted molar refractivity (Wildman–Crippen MR) is 106 cm³/mol. The maximum absolute atomic E-state index is 10.2. The molecule has 188 valence electrons. The van der Waals surface area contributed by atoms with E-state index in [2.05, 4.69) is 0 Å². The highest BCUT2D eigenvalue weighted by molar-refractivity contribution is 5.41. The Morgan fingerprint density at radius 1 is 0.788 bits per heavy atom. The summed E-state index contributed by atoms with van der Waals surface area (Å²) in [6.45, 7) is 0.579. The van der Waals surface area contributed by atoms with E-state index in [0.717, 1.165) is 6.07 Å². The van der Waals surface area contributed by atoms with Crippen LogP contribution in [0.4, 0.5) is 0 Å². The van der Waals surface area contributed by atoms with E-state index in [1.54, 1.807) is 0 Å². The molecule has 13 nitrogen and oxygen atoms in total. The number of aromatic hydroxyl groups is 2. The third-order valence-electron chi connectivity index (χ3n) is 5.70. The summed E-state index contributed by atoms with van der Waals surface area (Å²) in [5, 5.41) is 89.3. The lowest BCUT2D eigenvalue weighted by Crippen LogP contribution is -2.61. The number of benzene rings is 1. The van der Waals surface area contributed by atoms with Gasteiger partial charge in [0, 0.05) is 0 Å². The van der Waals surface area contributed by atoms with Gasteiger partial charge in [-0.15, -0.1) is 0 Å². The van der Waals surface area contributed by atoms with Crippen molar-refractivity contribution in [1.29, 1.82) is 0 Å². The zero-order chi connectivity index (χ0) is 24.4.